The maximum atomic E-state index is 14.5. The van der Waals surface area contributed by atoms with E-state index in [9.17, 15) is 13.6 Å². The van der Waals surface area contributed by atoms with E-state index < -0.39 is 28.3 Å². The van der Waals surface area contributed by atoms with E-state index in [1.165, 1.54) is 0 Å². The monoisotopic (exact) mass is 353 g/mol. The third kappa shape index (κ3) is 3.16. The molecule has 0 saturated carbocycles. The predicted molar refractivity (Wildman–Crippen MR) is 79.7 cm³/mol. The van der Waals surface area contributed by atoms with E-state index in [1.54, 1.807) is 6.07 Å². The number of ketones is 1. The number of nitrogens with zero attached hydrogens (tertiary/aromatic N) is 1. The molecule has 108 valence electrons. The minimum atomic E-state index is -1.33. The van der Waals surface area contributed by atoms with Crippen LogP contribution in [0.15, 0.2) is 15.6 Å². The first-order valence-corrected chi connectivity index (χ1v) is 9.10. The van der Waals surface area contributed by atoms with Crippen LogP contribution in [0.3, 0.4) is 0 Å². The first-order valence-electron chi connectivity index (χ1n) is 6.17. The highest BCUT2D eigenvalue weighted by atomic mass is 79.9. The SMILES string of the molecule is CCS(CC)(CC)c1cc(Br)nc(C(=O)CF)c1F. The molecule has 0 radical (unpaired) electrons. The Morgan fingerprint density at radius 3 is 2.26 bits per heavy atom. The maximum absolute atomic E-state index is 14.5. The van der Waals surface area contributed by atoms with Gasteiger partial charge >= 0.3 is 0 Å². The molecule has 0 fully saturated rings. The highest BCUT2D eigenvalue weighted by Gasteiger charge is 2.28. The molecule has 6 heteroatoms. The van der Waals surface area contributed by atoms with E-state index in [-0.39, 0.29) is 5.69 Å². The van der Waals surface area contributed by atoms with Gasteiger partial charge in [-0.05, 0) is 39.3 Å². The zero-order chi connectivity index (χ0) is 14.6. The molecule has 19 heavy (non-hydrogen) atoms. The van der Waals surface area contributed by atoms with Gasteiger partial charge in [-0.1, -0.05) is 20.8 Å². The second-order valence-electron chi connectivity index (χ2n) is 4.07. The Morgan fingerprint density at radius 1 is 1.32 bits per heavy atom. The Hall–Kier alpha value is -0.490. The molecular weight excluding hydrogens is 336 g/mol. The number of carbonyl (C=O) groups is 1. The second-order valence-corrected chi connectivity index (χ2v) is 9.15. The van der Waals surface area contributed by atoms with Crippen molar-refractivity contribution >= 4 is 31.7 Å². The maximum Gasteiger partial charge on any atom is 0.215 e. The van der Waals surface area contributed by atoms with E-state index >= 15 is 0 Å². The summed E-state index contributed by atoms with van der Waals surface area (Å²) in [5, 5.41) is 0. The van der Waals surface area contributed by atoms with E-state index in [0.29, 0.717) is 9.50 Å². The van der Waals surface area contributed by atoms with Crippen molar-refractivity contribution in [3.05, 3.63) is 22.2 Å². The zero-order valence-electron chi connectivity index (χ0n) is 11.3. The fourth-order valence-corrected chi connectivity index (χ4v) is 5.67. The number of hydrogen-bond acceptors (Lipinski definition) is 2. The lowest BCUT2D eigenvalue weighted by molar-refractivity contribution is 0.0948. The molecule has 0 aliphatic carbocycles. The van der Waals surface area contributed by atoms with Crippen LogP contribution >= 0.6 is 26.0 Å². The molecule has 1 rings (SSSR count). The number of alkyl halides is 1. The Bertz CT molecular complexity index is 470. The summed E-state index contributed by atoms with van der Waals surface area (Å²) in [4.78, 5) is 15.8. The number of aromatic nitrogens is 1. The number of hydrogen-bond donors (Lipinski definition) is 0. The molecule has 0 amide bonds. The molecule has 1 aromatic rings. The van der Waals surface area contributed by atoms with Crippen LogP contribution in [0.1, 0.15) is 31.3 Å². The van der Waals surface area contributed by atoms with Gasteiger partial charge in [-0.15, -0.1) is 0 Å². The van der Waals surface area contributed by atoms with Gasteiger partial charge in [0.1, 0.15) is 10.3 Å². The molecule has 0 aromatic carbocycles. The summed E-state index contributed by atoms with van der Waals surface area (Å²) in [6.07, 6.45) is 0. The van der Waals surface area contributed by atoms with E-state index in [4.69, 9.17) is 0 Å². The minimum absolute atomic E-state index is 0.382. The molecule has 0 aliphatic heterocycles. The Balaban J connectivity index is 3.51. The van der Waals surface area contributed by atoms with Gasteiger partial charge in [0.25, 0.3) is 0 Å². The van der Waals surface area contributed by atoms with Crippen molar-refractivity contribution in [3.8, 4) is 0 Å². The molecule has 2 nitrogen and oxygen atoms in total. The molecule has 1 aromatic heterocycles. The predicted octanol–water partition coefficient (Wildman–Crippen LogP) is 4.36. The van der Waals surface area contributed by atoms with Crippen LogP contribution in [-0.2, 0) is 0 Å². The van der Waals surface area contributed by atoms with Crippen molar-refractivity contribution in [1.82, 2.24) is 4.98 Å². The van der Waals surface area contributed by atoms with Gasteiger partial charge in [0.15, 0.2) is 12.5 Å². The quantitative estimate of drug-likeness (QED) is 0.561. The van der Waals surface area contributed by atoms with E-state index in [2.05, 4.69) is 20.9 Å². The summed E-state index contributed by atoms with van der Waals surface area (Å²) in [6.45, 7) is 4.83. The Labute approximate surface area is 122 Å². The van der Waals surface area contributed by atoms with Gasteiger partial charge in [-0.25, -0.2) is 23.8 Å². The molecule has 0 unspecified atom stereocenters. The van der Waals surface area contributed by atoms with Gasteiger partial charge in [-0.2, -0.15) is 0 Å². The number of rotatable bonds is 6. The third-order valence-electron chi connectivity index (χ3n) is 3.40. The van der Waals surface area contributed by atoms with E-state index in [0.717, 1.165) is 17.3 Å². The smallest absolute Gasteiger partial charge is 0.215 e. The molecule has 1 heterocycles. The molecule has 0 bridgehead atoms. The lowest BCUT2D eigenvalue weighted by Gasteiger charge is -2.38. The van der Waals surface area contributed by atoms with Gasteiger partial charge in [0, 0.05) is 4.90 Å². The lowest BCUT2D eigenvalue weighted by Crippen LogP contribution is -2.16. The van der Waals surface area contributed by atoms with Crippen LogP contribution in [0.25, 0.3) is 0 Å². The van der Waals surface area contributed by atoms with Crippen molar-refractivity contribution in [2.24, 2.45) is 0 Å². The van der Waals surface area contributed by atoms with Crippen LogP contribution in [0.5, 0.6) is 0 Å². The molecule has 0 saturated heterocycles. The zero-order valence-corrected chi connectivity index (χ0v) is 13.7. The number of carbonyl (C=O) groups excluding carboxylic acids is 1. The molecule has 0 atom stereocenters. The van der Waals surface area contributed by atoms with Crippen molar-refractivity contribution in [2.75, 3.05) is 23.9 Å². The highest BCUT2D eigenvalue weighted by Crippen LogP contribution is 2.56. The van der Waals surface area contributed by atoms with Gasteiger partial charge in [0.2, 0.25) is 5.78 Å². The first kappa shape index (κ1) is 16.6. The van der Waals surface area contributed by atoms with Crippen LogP contribution in [0, 0.1) is 5.82 Å². The van der Waals surface area contributed by atoms with Crippen molar-refractivity contribution in [1.29, 1.82) is 0 Å². The van der Waals surface area contributed by atoms with Crippen LogP contribution in [0.4, 0.5) is 8.78 Å². The molecular formula is C13H18BrF2NOS. The summed E-state index contributed by atoms with van der Waals surface area (Å²) >= 11 is 3.19. The Kier molecular flexibility index (Phi) is 5.92. The van der Waals surface area contributed by atoms with Crippen molar-refractivity contribution in [2.45, 2.75) is 25.7 Å². The average molecular weight is 354 g/mol. The fourth-order valence-electron chi connectivity index (χ4n) is 2.12. The summed E-state index contributed by atoms with van der Waals surface area (Å²) < 4.78 is 27.4. The molecule has 0 spiro atoms. The third-order valence-corrected chi connectivity index (χ3v) is 8.35. The standard InChI is InChI=1S/C13H18BrF2NOS/c1-4-19(5-2,6-3)10-7-11(14)17-13(12(10)16)9(18)8-15/h7H,4-6,8H2,1-3H3. The second kappa shape index (κ2) is 6.79. The normalized spacial score (nSPS) is 12.5. The van der Waals surface area contributed by atoms with Crippen LogP contribution < -0.4 is 0 Å². The van der Waals surface area contributed by atoms with Gasteiger partial charge in [0.05, 0.1) is 0 Å². The Morgan fingerprint density at radius 2 is 1.84 bits per heavy atom. The lowest BCUT2D eigenvalue weighted by atomic mass is 10.2. The summed E-state index contributed by atoms with van der Waals surface area (Å²) in [7, 11) is -1.33. The molecule has 0 N–H and O–H groups in total. The average Bonchev–Trinajstić information content (AvgIpc) is 2.43. The summed E-state index contributed by atoms with van der Waals surface area (Å²) in [5.41, 5.74) is -0.390. The number of pyridine rings is 1. The minimum Gasteiger partial charge on any atom is -0.289 e. The fraction of sp³-hybridized carbons (Fsp3) is 0.538. The van der Waals surface area contributed by atoms with Crippen LogP contribution in [0.2, 0.25) is 0 Å². The van der Waals surface area contributed by atoms with Gasteiger partial charge in [-0.3, -0.25) is 4.79 Å². The van der Waals surface area contributed by atoms with Gasteiger partial charge < -0.3 is 0 Å². The summed E-state index contributed by atoms with van der Waals surface area (Å²) in [5.74, 6) is 0.937. The summed E-state index contributed by atoms with van der Waals surface area (Å²) in [6, 6.07) is 1.64. The van der Waals surface area contributed by atoms with E-state index in [1.807, 2.05) is 20.8 Å². The number of Topliss-reactive ketones (excluding diaryl/α,β-unsaturated/α-hetero) is 1. The van der Waals surface area contributed by atoms with Crippen molar-refractivity contribution < 1.29 is 13.6 Å². The van der Waals surface area contributed by atoms with Crippen molar-refractivity contribution in [3.63, 3.8) is 0 Å². The largest absolute Gasteiger partial charge is 0.289 e. The number of halogens is 3. The van der Waals surface area contributed by atoms with Crippen LogP contribution in [-0.4, -0.2) is 34.7 Å². The topological polar surface area (TPSA) is 30.0 Å². The molecule has 0 aliphatic rings. The highest BCUT2D eigenvalue weighted by molar-refractivity contribution is 9.10. The first-order chi connectivity index (χ1) is 8.95.